The van der Waals surface area contributed by atoms with E-state index in [0.717, 1.165) is 12.6 Å². The van der Waals surface area contributed by atoms with Gasteiger partial charge in [-0.3, -0.25) is 4.90 Å². The molecule has 0 spiro atoms. The Kier molecular flexibility index (Phi) is 5.45. The number of nitrogens with zero attached hydrogens (tertiary/aromatic N) is 1. The van der Waals surface area contributed by atoms with Crippen molar-refractivity contribution in [2.24, 2.45) is 0 Å². The van der Waals surface area contributed by atoms with Crippen molar-refractivity contribution in [3.05, 3.63) is 35.4 Å². The van der Waals surface area contributed by atoms with Crippen LogP contribution in [-0.2, 0) is 5.41 Å². The molecule has 1 N–H and O–H groups in total. The Bertz CT molecular complexity index is 426. The van der Waals surface area contributed by atoms with Crippen LogP contribution in [0, 0.1) is 0 Å². The Morgan fingerprint density at radius 3 is 2.29 bits per heavy atom. The van der Waals surface area contributed by atoms with Gasteiger partial charge in [0.1, 0.15) is 0 Å². The number of nitrogens with one attached hydrogen (secondary N) is 1. The average molecular weight is 288 g/mol. The van der Waals surface area contributed by atoms with Gasteiger partial charge >= 0.3 is 0 Å². The summed E-state index contributed by atoms with van der Waals surface area (Å²) in [6.45, 7) is 14.8. The van der Waals surface area contributed by atoms with E-state index in [1.807, 2.05) is 0 Å². The molecule has 1 atom stereocenters. The summed E-state index contributed by atoms with van der Waals surface area (Å²) in [5.74, 6) is 0. The molecule has 0 aliphatic heterocycles. The van der Waals surface area contributed by atoms with Crippen LogP contribution in [0.2, 0.25) is 0 Å². The van der Waals surface area contributed by atoms with Crippen molar-refractivity contribution < 1.29 is 0 Å². The first-order valence-electron chi connectivity index (χ1n) is 8.49. The van der Waals surface area contributed by atoms with Crippen LogP contribution < -0.4 is 5.32 Å². The second-order valence-corrected chi connectivity index (χ2v) is 7.41. The van der Waals surface area contributed by atoms with Crippen molar-refractivity contribution in [1.82, 2.24) is 10.2 Å². The number of likely N-dealkylation sites (N-methyl/N-ethyl adjacent to an activating group) is 1. The van der Waals surface area contributed by atoms with E-state index in [0.29, 0.717) is 6.04 Å². The molecule has 1 aliphatic carbocycles. The zero-order valence-corrected chi connectivity index (χ0v) is 14.4. The fourth-order valence-corrected chi connectivity index (χ4v) is 2.85. The van der Waals surface area contributed by atoms with E-state index in [9.17, 15) is 0 Å². The SMILES string of the molecule is CCN(CCNC(C)c1ccc(C(C)(C)C)cc1)C1CC1. The molecular weight excluding hydrogens is 256 g/mol. The lowest BCUT2D eigenvalue weighted by Crippen LogP contribution is -2.34. The Labute approximate surface area is 130 Å². The summed E-state index contributed by atoms with van der Waals surface area (Å²) < 4.78 is 0. The van der Waals surface area contributed by atoms with E-state index in [1.165, 1.54) is 37.1 Å². The quantitative estimate of drug-likeness (QED) is 0.812. The topological polar surface area (TPSA) is 15.3 Å². The van der Waals surface area contributed by atoms with E-state index in [1.54, 1.807) is 0 Å². The van der Waals surface area contributed by atoms with Crippen LogP contribution in [0.5, 0.6) is 0 Å². The molecule has 1 aromatic rings. The molecular formula is C19H32N2. The molecule has 0 radical (unpaired) electrons. The highest BCUT2D eigenvalue weighted by molar-refractivity contribution is 5.29. The molecule has 2 rings (SSSR count). The van der Waals surface area contributed by atoms with Gasteiger partial charge in [0.25, 0.3) is 0 Å². The van der Waals surface area contributed by atoms with Crippen LogP contribution in [-0.4, -0.2) is 30.6 Å². The lowest BCUT2D eigenvalue weighted by Gasteiger charge is -2.23. The van der Waals surface area contributed by atoms with Crippen molar-refractivity contribution in [3.63, 3.8) is 0 Å². The number of hydrogen-bond acceptors (Lipinski definition) is 2. The minimum atomic E-state index is 0.237. The van der Waals surface area contributed by atoms with Crippen LogP contribution in [0.4, 0.5) is 0 Å². The van der Waals surface area contributed by atoms with E-state index in [4.69, 9.17) is 0 Å². The maximum Gasteiger partial charge on any atom is 0.0292 e. The summed E-state index contributed by atoms with van der Waals surface area (Å²) in [5.41, 5.74) is 3.03. The Morgan fingerprint density at radius 1 is 1.19 bits per heavy atom. The highest BCUT2D eigenvalue weighted by atomic mass is 15.2. The highest BCUT2D eigenvalue weighted by Gasteiger charge is 2.27. The lowest BCUT2D eigenvalue weighted by atomic mass is 9.86. The predicted molar refractivity (Wildman–Crippen MR) is 91.8 cm³/mol. The molecule has 0 bridgehead atoms. The molecule has 1 aromatic carbocycles. The maximum absolute atomic E-state index is 3.66. The molecule has 118 valence electrons. The van der Waals surface area contributed by atoms with Gasteiger partial charge in [-0.25, -0.2) is 0 Å². The van der Waals surface area contributed by atoms with Gasteiger partial charge in [-0.2, -0.15) is 0 Å². The Hall–Kier alpha value is -0.860. The molecule has 2 heteroatoms. The van der Waals surface area contributed by atoms with Crippen molar-refractivity contribution in [1.29, 1.82) is 0 Å². The van der Waals surface area contributed by atoms with Gasteiger partial charge in [0, 0.05) is 25.2 Å². The van der Waals surface area contributed by atoms with Gasteiger partial charge in [-0.1, -0.05) is 52.0 Å². The average Bonchev–Trinajstić information content (AvgIpc) is 3.27. The third-order valence-electron chi connectivity index (χ3n) is 4.60. The van der Waals surface area contributed by atoms with Gasteiger partial charge in [0.05, 0.1) is 0 Å². The molecule has 2 nitrogen and oxygen atoms in total. The molecule has 0 heterocycles. The van der Waals surface area contributed by atoms with Crippen LogP contribution in [0.15, 0.2) is 24.3 Å². The Balaban J connectivity index is 1.81. The van der Waals surface area contributed by atoms with Crippen LogP contribution in [0.25, 0.3) is 0 Å². The Morgan fingerprint density at radius 2 is 1.81 bits per heavy atom. The molecule has 1 fully saturated rings. The standard InChI is InChI=1S/C19H32N2/c1-6-21(18-11-12-18)14-13-20-15(2)16-7-9-17(10-8-16)19(3,4)5/h7-10,15,18,20H,6,11-14H2,1-5H3. The van der Waals surface area contributed by atoms with Gasteiger partial charge in [-0.15, -0.1) is 0 Å². The highest BCUT2D eigenvalue weighted by Crippen LogP contribution is 2.26. The molecule has 0 saturated heterocycles. The van der Waals surface area contributed by atoms with Gasteiger partial charge < -0.3 is 5.32 Å². The van der Waals surface area contributed by atoms with Crippen LogP contribution in [0.1, 0.15) is 64.6 Å². The molecule has 0 aromatic heterocycles. The summed E-state index contributed by atoms with van der Waals surface area (Å²) in [4.78, 5) is 2.60. The zero-order valence-electron chi connectivity index (χ0n) is 14.4. The minimum absolute atomic E-state index is 0.237. The van der Waals surface area contributed by atoms with E-state index in [2.05, 4.69) is 69.1 Å². The van der Waals surface area contributed by atoms with Crippen molar-refractivity contribution in [2.75, 3.05) is 19.6 Å². The first kappa shape index (κ1) is 16.5. The first-order chi connectivity index (χ1) is 9.91. The van der Waals surface area contributed by atoms with Gasteiger partial charge in [0.15, 0.2) is 0 Å². The zero-order chi connectivity index (χ0) is 15.5. The maximum atomic E-state index is 3.66. The largest absolute Gasteiger partial charge is 0.309 e. The third kappa shape index (κ3) is 4.82. The van der Waals surface area contributed by atoms with Crippen LogP contribution >= 0.6 is 0 Å². The first-order valence-corrected chi connectivity index (χ1v) is 8.49. The fourth-order valence-electron chi connectivity index (χ4n) is 2.85. The normalized spacial score (nSPS) is 17.2. The minimum Gasteiger partial charge on any atom is -0.309 e. The fraction of sp³-hybridized carbons (Fsp3) is 0.684. The molecule has 21 heavy (non-hydrogen) atoms. The smallest absolute Gasteiger partial charge is 0.0292 e. The summed E-state index contributed by atoms with van der Waals surface area (Å²) >= 11 is 0. The summed E-state index contributed by atoms with van der Waals surface area (Å²) in [5, 5.41) is 3.66. The molecule has 1 saturated carbocycles. The molecule has 1 aliphatic rings. The summed E-state index contributed by atoms with van der Waals surface area (Å²) in [6, 6.07) is 10.4. The number of benzene rings is 1. The lowest BCUT2D eigenvalue weighted by molar-refractivity contribution is 0.273. The predicted octanol–water partition coefficient (Wildman–Crippen LogP) is 4.12. The van der Waals surface area contributed by atoms with Crippen molar-refractivity contribution in [2.45, 2.75) is 65.0 Å². The van der Waals surface area contributed by atoms with Gasteiger partial charge in [-0.05, 0) is 42.9 Å². The van der Waals surface area contributed by atoms with E-state index >= 15 is 0 Å². The summed E-state index contributed by atoms with van der Waals surface area (Å²) in [7, 11) is 0. The summed E-state index contributed by atoms with van der Waals surface area (Å²) in [6.07, 6.45) is 2.80. The van der Waals surface area contributed by atoms with Crippen molar-refractivity contribution >= 4 is 0 Å². The van der Waals surface area contributed by atoms with E-state index < -0.39 is 0 Å². The monoisotopic (exact) mass is 288 g/mol. The second-order valence-electron chi connectivity index (χ2n) is 7.41. The molecule has 1 unspecified atom stereocenters. The number of rotatable bonds is 7. The third-order valence-corrected chi connectivity index (χ3v) is 4.60. The second kappa shape index (κ2) is 6.93. The van der Waals surface area contributed by atoms with Crippen LogP contribution in [0.3, 0.4) is 0 Å². The van der Waals surface area contributed by atoms with Gasteiger partial charge in [0.2, 0.25) is 0 Å². The molecule has 0 amide bonds. The number of hydrogen-bond donors (Lipinski definition) is 1. The van der Waals surface area contributed by atoms with Crippen molar-refractivity contribution in [3.8, 4) is 0 Å². The van der Waals surface area contributed by atoms with E-state index in [-0.39, 0.29) is 5.41 Å².